The fourth-order valence-electron chi connectivity index (χ4n) is 1.61. The summed E-state index contributed by atoms with van der Waals surface area (Å²) < 4.78 is 10.5. The topological polar surface area (TPSA) is 56.5 Å². The van der Waals surface area contributed by atoms with Crippen LogP contribution in [0.4, 0.5) is 0 Å². The summed E-state index contributed by atoms with van der Waals surface area (Å²) >= 11 is 0. The highest BCUT2D eigenvalue weighted by atomic mass is 16.7. The third-order valence-electron chi connectivity index (χ3n) is 2.53. The molecule has 15 heavy (non-hydrogen) atoms. The van der Waals surface area contributed by atoms with E-state index in [9.17, 15) is 0 Å². The molecule has 82 valence electrons. The Morgan fingerprint density at radius 1 is 1.40 bits per heavy atom. The number of nitrogens with two attached hydrogens (primary N) is 1. The number of rotatable bonds is 4. The predicted molar refractivity (Wildman–Crippen MR) is 58.0 cm³/mol. The fraction of sp³-hybridized carbons (Fsp3) is 0.455. The van der Waals surface area contributed by atoms with E-state index in [1.54, 1.807) is 0 Å². The van der Waals surface area contributed by atoms with Gasteiger partial charge in [-0.2, -0.15) is 0 Å². The van der Waals surface area contributed by atoms with Gasteiger partial charge in [-0.3, -0.25) is 0 Å². The van der Waals surface area contributed by atoms with Gasteiger partial charge in [0.25, 0.3) is 0 Å². The van der Waals surface area contributed by atoms with Gasteiger partial charge in [-0.1, -0.05) is 6.07 Å². The van der Waals surface area contributed by atoms with E-state index in [1.807, 2.05) is 25.2 Å². The van der Waals surface area contributed by atoms with Crippen molar-refractivity contribution in [2.45, 2.75) is 12.5 Å². The molecular weight excluding hydrogens is 192 g/mol. The highest BCUT2D eigenvalue weighted by molar-refractivity contribution is 5.45. The van der Waals surface area contributed by atoms with Crippen molar-refractivity contribution in [3.8, 4) is 11.5 Å². The van der Waals surface area contributed by atoms with Gasteiger partial charge in [-0.25, -0.2) is 0 Å². The van der Waals surface area contributed by atoms with E-state index >= 15 is 0 Å². The van der Waals surface area contributed by atoms with E-state index in [4.69, 9.17) is 15.2 Å². The van der Waals surface area contributed by atoms with Gasteiger partial charge in [0.2, 0.25) is 6.79 Å². The second kappa shape index (κ2) is 4.51. The van der Waals surface area contributed by atoms with Crippen LogP contribution in [-0.2, 0) is 0 Å². The molecule has 1 aromatic rings. The standard InChI is InChI=1S/C11H16N2O2/c1-13-5-4-9(12)8-2-3-10-11(6-8)15-7-14-10/h2-3,6,9,13H,4-5,7,12H2,1H3. The zero-order chi connectivity index (χ0) is 10.7. The molecule has 1 aliphatic heterocycles. The zero-order valence-corrected chi connectivity index (χ0v) is 8.82. The molecule has 2 rings (SSSR count). The van der Waals surface area contributed by atoms with Gasteiger partial charge < -0.3 is 20.5 Å². The molecule has 1 atom stereocenters. The summed E-state index contributed by atoms with van der Waals surface area (Å²) in [5.74, 6) is 1.60. The lowest BCUT2D eigenvalue weighted by Crippen LogP contribution is -2.17. The highest BCUT2D eigenvalue weighted by Gasteiger charge is 2.15. The molecule has 3 N–H and O–H groups in total. The maximum Gasteiger partial charge on any atom is 0.231 e. The first-order chi connectivity index (χ1) is 7.31. The van der Waals surface area contributed by atoms with Gasteiger partial charge in [0, 0.05) is 6.04 Å². The molecule has 0 spiro atoms. The van der Waals surface area contributed by atoms with E-state index in [1.165, 1.54) is 0 Å². The molecule has 0 amide bonds. The summed E-state index contributed by atoms with van der Waals surface area (Å²) in [5, 5.41) is 3.08. The molecule has 4 heteroatoms. The number of fused-ring (bicyclic) bond motifs is 1. The fourth-order valence-corrected chi connectivity index (χ4v) is 1.61. The lowest BCUT2D eigenvalue weighted by molar-refractivity contribution is 0.174. The number of hydrogen-bond donors (Lipinski definition) is 2. The molecule has 0 radical (unpaired) electrons. The van der Waals surface area contributed by atoms with Crippen molar-refractivity contribution < 1.29 is 9.47 Å². The molecule has 0 saturated heterocycles. The average molecular weight is 208 g/mol. The van der Waals surface area contributed by atoms with E-state index in [0.29, 0.717) is 6.79 Å². The van der Waals surface area contributed by atoms with Gasteiger partial charge in [0.05, 0.1) is 0 Å². The van der Waals surface area contributed by atoms with Gasteiger partial charge in [0.15, 0.2) is 11.5 Å². The monoisotopic (exact) mass is 208 g/mol. The van der Waals surface area contributed by atoms with Crippen LogP contribution < -0.4 is 20.5 Å². The SMILES string of the molecule is CNCCC(N)c1ccc2c(c1)OCO2. The summed E-state index contributed by atoms with van der Waals surface area (Å²) in [6.07, 6.45) is 0.913. The molecule has 0 aromatic heterocycles. The lowest BCUT2D eigenvalue weighted by atomic mass is 10.0. The van der Waals surface area contributed by atoms with Crippen molar-refractivity contribution in [1.29, 1.82) is 0 Å². The molecule has 1 aliphatic rings. The smallest absolute Gasteiger partial charge is 0.231 e. The molecule has 0 fully saturated rings. The second-order valence-electron chi connectivity index (χ2n) is 3.61. The second-order valence-corrected chi connectivity index (χ2v) is 3.61. The van der Waals surface area contributed by atoms with Crippen LogP contribution >= 0.6 is 0 Å². The van der Waals surface area contributed by atoms with Gasteiger partial charge in [-0.05, 0) is 37.7 Å². The quantitative estimate of drug-likeness (QED) is 0.775. The largest absolute Gasteiger partial charge is 0.454 e. The van der Waals surface area contributed by atoms with Crippen LogP contribution in [0.5, 0.6) is 11.5 Å². The number of ether oxygens (including phenoxy) is 2. The Labute approximate surface area is 89.4 Å². The molecule has 0 saturated carbocycles. The molecule has 4 nitrogen and oxygen atoms in total. The summed E-state index contributed by atoms with van der Waals surface area (Å²) in [4.78, 5) is 0. The molecular formula is C11H16N2O2. The minimum atomic E-state index is 0.0481. The summed E-state index contributed by atoms with van der Waals surface area (Å²) in [7, 11) is 1.92. The van der Waals surface area contributed by atoms with Gasteiger partial charge in [0.1, 0.15) is 0 Å². The van der Waals surface area contributed by atoms with Crippen molar-refractivity contribution >= 4 is 0 Å². The molecule has 0 bridgehead atoms. The Morgan fingerprint density at radius 2 is 2.20 bits per heavy atom. The van der Waals surface area contributed by atoms with Crippen LogP contribution in [0, 0.1) is 0 Å². The first-order valence-electron chi connectivity index (χ1n) is 5.11. The van der Waals surface area contributed by atoms with Crippen molar-refractivity contribution in [2.75, 3.05) is 20.4 Å². The Hall–Kier alpha value is -1.26. The minimum Gasteiger partial charge on any atom is -0.454 e. The molecule has 1 aromatic carbocycles. The van der Waals surface area contributed by atoms with E-state index in [0.717, 1.165) is 30.0 Å². The number of benzene rings is 1. The third kappa shape index (κ3) is 2.22. The zero-order valence-electron chi connectivity index (χ0n) is 8.82. The minimum absolute atomic E-state index is 0.0481. The van der Waals surface area contributed by atoms with Gasteiger partial charge >= 0.3 is 0 Å². The highest BCUT2D eigenvalue weighted by Crippen LogP contribution is 2.34. The van der Waals surface area contributed by atoms with E-state index in [2.05, 4.69) is 5.32 Å². The average Bonchev–Trinajstić information content (AvgIpc) is 2.72. The molecule has 1 heterocycles. The van der Waals surface area contributed by atoms with Crippen molar-refractivity contribution in [2.24, 2.45) is 5.73 Å². The summed E-state index contributed by atoms with van der Waals surface area (Å²) in [6.45, 7) is 1.22. The first-order valence-corrected chi connectivity index (χ1v) is 5.11. The van der Waals surface area contributed by atoms with E-state index < -0.39 is 0 Å². The Kier molecular flexibility index (Phi) is 3.08. The maximum atomic E-state index is 6.04. The molecule has 0 aliphatic carbocycles. The van der Waals surface area contributed by atoms with Crippen molar-refractivity contribution in [3.63, 3.8) is 0 Å². The van der Waals surface area contributed by atoms with Crippen LogP contribution in [0.3, 0.4) is 0 Å². The lowest BCUT2D eigenvalue weighted by Gasteiger charge is -2.11. The van der Waals surface area contributed by atoms with Crippen LogP contribution in [0.1, 0.15) is 18.0 Å². The number of hydrogen-bond acceptors (Lipinski definition) is 4. The first kappa shape index (κ1) is 10.3. The van der Waals surface area contributed by atoms with Gasteiger partial charge in [-0.15, -0.1) is 0 Å². The van der Waals surface area contributed by atoms with Crippen molar-refractivity contribution in [3.05, 3.63) is 23.8 Å². The summed E-state index contributed by atoms with van der Waals surface area (Å²) in [6, 6.07) is 5.92. The van der Waals surface area contributed by atoms with Crippen molar-refractivity contribution in [1.82, 2.24) is 5.32 Å². The number of nitrogens with one attached hydrogen (secondary N) is 1. The normalized spacial score (nSPS) is 15.3. The van der Waals surface area contributed by atoms with Crippen LogP contribution in [-0.4, -0.2) is 20.4 Å². The Bertz CT molecular complexity index is 341. The van der Waals surface area contributed by atoms with Crippen LogP contribution in [0.25, 0.3) is 0 Å². The van der Waals surface area contributed by atoms with Crippen LogP contribution in [0.2, 0.25) is 0 Å². The Balaban J connectivity index is 2.08. The molecule has 1 unspecified atom stereocenters. The van der Waals surface area contributed by atoms with Crippen LogP contribution in [0.15, 0.2) is 18.2 Å². The third-order valence-corrected chi connectivity index (χ3v) is 2.53. The summed E-state index contributed by atoms with van der Waals surface area (Å²) in [5.41, 5.74) is 7.13. The maximum absolute atomic E-state index is 6.04. The van der Waals surface area contributed by atoms with E-state index in [-0.39, 0.29) is 6.04 Å². The Morgan fingerprint density at radius 3 is 3.00 bits per heavy atom. The predicted octanol–water partition coefficient (Wildman–Crippen LogP) is 1.02.